The molecule has 0 radical (unpaired) electrons. The van der Waals surface area contributed by atoms with Gasteiger partial charge in [0, 0.05) is 28.1 Å². The van der Waals surface area contributed by atoms with Crippen LogP contribution in [-0.4, -0.2) is 41.9 Å². The molecule has 0 spiro atoms. The van der Waals surface area contributed by atoms with Crippen molar-refractivity contribution in [3.05, 3.63) is 45.9 Å². The Kier molecular flexibility index (Phi) is 3.96. The van der Waals surface area contributed by atoms with E-state index in [2.05, 4.69) is 20.8 Å². The monoisotopic (exact) mass is 365 g/mol. The molecule has 2 aromatic carbocycles. The first kappa shape index (κ1) is 15.1. The smallest absolute Gasteiger partial charge is 0.261 e. The third-order valence-electron chi connectivity index (χ3n) is 3.65. The van der Waals surface area contributed by atoms with Crippen LogP contribution in [0.3, 0.4) is 0 Å². The van der Waals surface area contributed by atoms with Crippen molar-refractivity contribution < 1.29 is 24.5 Å². The van der Waals surface area contributed by atoms with E-state index in [9.17, 15) is 9.59 Å². The Morgan fingerprint density at radius 2 is 1.86 bits per heavy atom. The molecule has 22 heavy (non-hydrogen) atoms. The average Bonchev–Trinajstić information content (AvgIpc) is 2.54. The van der Waals surface area contributed by atoms with E-state index in [-0.39, 0.29) is 6.54 Å². The van der Waals surface area contributed by atoms with Crippen molar-refractivity contribution in [3.8, 4) is 0 Å². The number of hydrogen-bond acceptors (Lipinski definition) is 5. The van der Waals surface area contributed by atoms with Crippen LogP contribution in [0.1, 0.15) is 20.7 Å². The molecule has 0 fully saturated rings. The predicted octanol–water partition coefficient (Wildman–Crippen LogP) is 2.66. The summed E-state index contributed by atoms with van der Waals surface area (Å²) >= 11 is 3.43. The molecule has 2 amide bonds. The highest BCUT2D eigenvalue weighted by atomic mass is 79.9. The van der Waals surface area contributed by atoms with E-state index >= 15 is 0 Å². The normalized spacial score (nSPS) is 15.5. The van der Waals surface area contributed by atoms with Gasteiger partial charge in [0.25, 0.3) is 11.8 Å². The molecule has 6 nitrogen and oxygen atoms in total. The van der Waals surface area contributed by atoms with Gasteiger partial charge in [0.15, 0.2) is 0 Å². The Bertz CT molecular complexity index is 750. The molecule has 0 saturated carbocycles. The Hall–Kier alpha value is -1.80. The third kappa shape index (κ3) is 2.22. The van der Waals surface area contributed by atoms with Gasteiger partial charge in [-0.1, -0.05) is 28.1 Å². The van der Waals surface area contributed by atoms with Crippen LogP contribution >= 0.6 is 15.9 Å². The molecule has 1 unspecified atom stereocenters. The minimum absolute atomic E-state index is 0.198. The highest BCUT2D eigenvalue weighted by molar-refractivity contribution is 9.10. The van der Waals surface area contributed by atoms with Crippen LogP contribution in [-0.2, 0) is 9.62 Å². The summed E-state index contributed by atoms with van der Waals surface area (Å²) in [5, 5.41) is 10.2. The van der Waals surface area contributed by atoms with Crippen molar-refractivity contribution in [2.24, 2.45) is 0 Å². The van der Waals surface area contributed by atoms with Crippen molar-refractivity contribution in [1.29, 1.82) is 0 Å². The number of halogens is 1. The maximum absolute atomic E-state index is 12.6. The fraction of sp³-hybridized carbons (Fsp3) is 0.200. The van der Waals surface area contributed by atoms with Crippen molar-refractivity contribution >= 4 is 38.5 Å². The molecule has 7 heteroatoms. The number of rotatable bonds is 4. The lowest BCUT2D eigenvalue weighted by Gasteiger charge is -2.28. The first-order valence-corrected chi connectivity index (χ1v) is 7.28. The minimum atomic E-state index is -1.09. The maximum Gasteiger partial charge on any atom is 0.261 e. The van der Waals surface area contributed by atoms with E-state index in [0.717, 1.165) is 14.8 Å². The molecular formula is C15H12BrNO5. The highest BCUT2D eigenvalue weighted by Gasteiger charge is 2.34. The fourth-order valence-electron chi connectivity index (χ4n) is 2.58. The number of nitrogens with zero attached hydrogens (tertiary/aromatic N) is 1. The van der Waals surface area contributed by atoms with Crippen LogP contribution < -0.4 is 0 Å². The first-order valence-electron chi connectivity index (χ1n) is 6.49. The fourth-order valence-corrected chi connectivity index (χ4v) is 3.04. The molecular weight excluding hydrogens is 354 g/mol. The van der Waals surface area contributed by atoms with Gasteiger partial charge in [0.05, 0.1) is 6.54 Å². The summed E-state index contributed by atoms with van der Waals surface area (Å²) in [5.74, 6) is -0.888. The summed E-state index contributed by atoms with van der Waals surface area (Å²) < 4.78 is 5.67. The summed E-state index contributed by atoms with van der Waals surface area (Å²) in [6.45, 7) is -0.198. The summed E-state index contributed by atoms with van der Waals surface area (Å²) in [6, 6.07) is 8.70. The van der Waals surface area contributed by atoms with Crippen LogP contribution in [0.15, 0.2) is 34.8 Å². The van der Waals surface area contributed by atoms with E-state index in [1.165, 1.54) is 7.11 Å². The van der Waals surface area contributed by atoms with Gasteiger partial charge in [-0.05, 0) is 23.6 Å². The molecule has 1 aliphatic heterocycles. The molecule has 1 heterocycles. The van der Waals surface area contributed by atoms with Gasteiger partial charge < -0.3 is 4.74 Å². The van der Waals surface area contributed by atoms with E-state index in [1.54, 1.807) is 24.3 Å². The van der Waals surface area contributed by atoms with Gasteiger partial charge in [-0.2, -0.15) is 0 Å². The summed E-state index contributed by atoms with van der Waals surface area (Å²) in [4.78, 5) is 30.3. The van der Waals surface area contributed by atoms with Crippen molar-refractivity contribution in [2.75, 3.05) is 13.7 Å². The average molecular weight is 366 g/mol. The minimum Gasteiger partial charge on any atom is -0.352 e. The van der Waals surface area contributed by atoms with E-state index in [0.29, 0.717) is 16.5 Å². The summed E-state index contributed by atoms with van der Waals surface area (Å²) in [5.41, 5.74) is 0.863. The number of ether oxygens (including phenoxy) is 1. The molecule has 0 saturated heterocycles. The van der Waals surface area contributed by atoms with Gasteiger partial charge in [-0.25, -0.2) is 10.1 Å². The molecule has 0 bridgehead atoms. The van der Waals surface area contributed by atoms with Gasteiger partial charge in [0.1, 0.15) is 0 Å². The first-order chi connectivity index (χ1) is 10.6. The number of amides is 2. The molecule has 2 aromatic rings. The van der Waals surface area contributed by atoms with Crippen LogP contribution in [0.2, 0.25) is 0 Å². The van der Waals surface area contributed by atoms with E-state index in [4.69, 9.17) is 9.99 Å². The van der Waals surface area contributed by atoms with Crippen LogP contribution in [0.5, 0.6) is 0 Å². The Morgan fingerprint density at radius 3 is 2.50 bits per heavy atom. The summed E-state index contributed by atoms with van der Waals surface area (Å²) in [7, 11) is 1.31. The lowest BCUT2D eigenvalue weighted by Crippen LogP contribution is -2.45. The standard InChI is InChI=1S/C15H12BrNO5/c1-21-12(22-20)7-17-14(18)9-4-2-3-8-11(16)6-5-10(13(8)9)15(17)19/h2-6,12,20H,7H2,1H3. The SMILES string of the molecule is COC(CN1C(=O)c2cccc3c(Br)ccc(c23)C1=O)OO. The number of carbonyl (C=O) groups excluding carboxylic acids is 2. The number of hydrogen-bond donors (Lipinski definition) is 1. The predicted molar refractivity (Wildman–Crippen MR) is 81.5 cm³/mol. The van der Waals surface area contributed by atoms with Crippen molar-refractivity contribution in [3.63, 3.8) is 0 Å². The molecule has 3 rings (SSSR count). The maximum atomic E-state index is 12.6. The molecule has 1 atom stereocenters. The van der Waals surface area contributed by atoms with Crippen LogP contribution in [0.4, 0.5) is 0 Å². The number of carbonyl (C=O) groups is 2. The second kappa shape index (κ2) is 5.77. The van der Waals surface area contributed by atoms with Gasteiger partial charge >= 0.3 is 0 Å². The van der Waals surface area contributed by atoms with E-state index < -0.39 is 18.1 Å². The Morgan fingerprint density at radius 1 is 1.18 bits per heavy atom. The zero-order valence-electron chi connectivity index (χ0n) is 11.6. The Balaban J connectivity index is 2.14. The van der Waals surface area contributed by atoms with Crippen LogP contribution in [0, 0.1) is 0 Å². The third-order valence-corrected chi connectivity index (χ3v) is 4.34. The zero-order valence-corrected chi connectivity index (χ0v) is 13.2. The van der Waals surface area contributed by atoms with Gasteiger partial charge in [0.2, 0.25) is 6.29 Å². The lowest BCUT2D eigenvalue weighted by atomic mass is 9.94. The number of benzene rings is 2. The second-order valence-corrected chi connectivity index (χ2v) is 5.67. The highest BCUT2D eigenvalue weighted by Crippen LogP contribution is 2.34. The number of imide groups is 1. The largest absolute Gasteiger partial charge is 0.352 e. The quantitative estimate of drug-likeness (QED) is 0.390. The molecule has 0 aromatic heterocycles. The topological polar surface area (TPSA) is 76.1 Å². The van der Waals surface area contributed by atoms with E-state index in [1.807, 2.05) is 6.07 Å². The zero-order chi connectivity index (χ0) is 15.9. The number of methoxy groups -OCH3 is 1. The molecule has 1 N–H and O–H groups in total. The Labute approximate surface area is 134 Å². The van der Waals surface area contributed by atoms with Crippen molar-refractivity contribution in [1.82, 2.24) is 4.90 Å². The molecule has 1 aliphatic rings. The molecule has 0 aliphatic carbocycles. The van der Waals surface area contributed by atoms with Crippen molar-refractivity contribution in [2.45, 2.75) is 6.29 Å². The molecule has 114 valence electrons. The van der Waals surface area contributed by atoms with Crippen LogP contribution in [0.25, 0.3) is 10.8 Å². The van der Waals surface area contributed by atoms with Gasteiger partial charge in [-0.15, -0.1) is 0 Å². The lowest BCUT2D eigenvalue weighted by molar-refractivity contribution is -0.340. The second-order valence-electron chi connectivity index (χ2n) is 4.81. The van der Waals surface area contributed by atoms with Gasteiger partial charge in [-0.3, -0.25) is 14.5 Å². The summed E-state index contributed by atoms with van der Waals surface area (Å²) in [6.07, 6.45) is -1.09.